The normalized spacial score (nSPS) is 9.00. The van der Waals surface area contributed by atoms with Gasteiger partial charge < -0.3 is 14.6 Å². The summed E-state index contributed by atoms with van der Waals surface area (Å²) in [7, 11) is 0. The van der Waals surface area contributed by atoms with Crippen LogP contribution in [0.15, 0.2) is 24.3 Å². The van der Waals surface area contributed by atoms with Gasteiger partial charge in [0.25, 0.3) is 0 Å². The molecule has 0 aromatic heterocycles. The van der Waals surface area contributed by atoms with Crippen LogP contribution < -0.4 is 0 Å². The topological polar surface area (TPSA) is 72.8 Å². The minimum absolute atomic E-state index is 0.176. The van der Waals surface area contributed by atoms with Gasteiger partial charge in [0.15, 0.2) is 0 Å². The Kier molecular flexibility index (Phi) is 13.3. The third kappa shape index (κ3) is 16.4. The van der Waals surface area contributed by atoms with Crippen LogP contribution in [0.1, 0.15) is 33.6 Å². The lowest BCUT2D eigenvalue weighted by atomic mass is 10.4. The Morgan fingerprint density at radius 2 is 1.58 bits per heavy atom. The number of esters is 1. The molecule has 0 aromatic carbocycles. The molecule has 19 heavy (non-hydrogen) atoms. The van der Waals surface area contributed by atoms with E-state index >= 15 is 0 Å². The first-order chi connectivity index (χ1) is 8.82. The van der Waals surface area contributed by atoms with Crippen molar-refractivity contribution in [3.8, 4) is 0 Å². The lowest BCUT2D eigenvalue weighted by molar-refractivity contribution is -0.140. The van der Waals surface area contributed by atoms with E-state index in [-0.39, 0.29) is 11.5 Å². The minimum atomic E-state index is -0.935. The molecular weight excluding hydrogens is 248 g/mol. The summed E-state index contributed by atoms with van der Waals surface area (Å²) in [6.45, 7) is 13.3. The van der Waals surface area contributed by atoms with Gasteiger partial charge in [-0.2, -0.15) is 0 Å². The van der Waals surface area contributed by atoms with Gasteiger partial charge in [-0.05, 0) is 20.3 Å². The van der Waals surface area contributed by atoms with Gasteiger partial charge in [-0.1, -0.05) is 26.5 Å². The molecule has 0 radical (unpaired) electrons. The molecule has 0 amide bonds. The van der Waals surface area contributed by atoms with Crippen LogP contribution in [0.3, 0.4) is 0 Å². The van der Waals surface area contributed by atoms with Gasteiger partial charge in [-0.3, -0.25) is 0 Å². The van der Waals surface area contributed by atoms with E-state index in [2.05, 4.69) is 20.1 Å². The van der Waals surface area contributed by atoms with Gasteiger partial charge in [0, 0.05) is 17.8 Å². The van der Waals surface area contributed by atoms with Crippen molar-refractivity contribution in [1.29, 1.82) is 0 Å². The highest BCUT2D eigenvalue weighted by molar-refractivity contribution is 5.86. The SMILES string of the molecule is C=C(C)C(=O)O.C=C(C)C(=O)OCCOCCCC. The molecule has 0 aliphatic heterocycles. The van der Waals surface area contributed by atoms with Crippen molar-refractivity contribution in [2.45, 2.75) is 33.6 Å². The minimum Gasteiger partial charge on any atom is -0.478 e. The molecule has 0 heterocycles. The van der Waals surface area contributed by atoms with E-state index in [1.165, 1.54) is 6.92 Å². The summed E-state index contributed by atoms with van der Waals surface area (Å²) in [6, 6.07) is 0. The molecule has 0 saturated heterocycles. The quantitative estimate of drug-likeness (QED) is 0.417. The number of carbonyl (C=O) groups is 2. The van der Waals surface area contributed by atoms with Gasteiger partial charge in [0.1, 0.15) is 6.61 Å². The second kappa shape index (κ2) is 12.8. The Hall–Kier alpha value is -1.62. The van der Waals surface area contributed by atoms with Crippen LogP contribution in [0.2, 0.25) is 0 Å². The Morgan fingerprint density at radius 3 is 1.95 bits per heavy atom. The van der Waals surface area contributed by atoms with Crippen LogP contribution in [-0.2, 0) is 19.1 Å². The van der Waals surface area contributed by atoms with Crippen LogP contribution in [0.25, 0.3) is 0 Å². The van der Waals surface area contributed by atoms with E-state index in [9.17, 15) is 9.59 Å². The standard InChI is InChI=1S/C10H18O3.C4H6O2/c1-4-5-6-12-7-8-13-10(11)9(2)3;1-3(2)4(5)6/h2,4-8H2,1,3H3;1H2,2H3,(H,5,6). The zero-order valence-corrected chi connectivity index (χ0v) is 12.0. The fourth-order valence-corrected chi connectivity index (χ4v) is 0.665. The molecule has 5 heteroatoms. The number of ether oxygens (including phenoxy) is 2. The number of carbonyl (C=O) groups excluding carboxylic acids is 1. The van der Waals surface area contributed by atoms with E-state index in [1.807, 2.05) is 0 Å². The molecule has 1 N–H and O–H groups in total. The zero-order valence-electron chi connectivity index (χ0n) is 12.0. The third-order valence-electron chi connectivity index (χ3n) is 1.82. The van der Waals surface area contributed by atoms with Crippen molar-refractivity contribution >= 4 is 11.9 Å². The third-order valence-corrected chi connectivity index (χ3v) is 1.82. The molecule has 0 spiro atoms. The number of hydrogen-bond donors (Lipinski definition) is 1. The molecule has 0 unspecified atom stereocenters. The summed E-state index contributed by atoms with van der Waals surface area (Å²) in [5.41, 5.74) is 0.601. The molecule has 5 nitrogen and oxygen atoms in total. The molecule has 0 fully saturated rings. The monoisotopic (exact) mass is 272 g/mol. The number of unbranched alkanes of at least 4 members (excludes halogenated alkanes) is 1. The van der Waals surface area contributed by atoms with Gasteiger partial charge in [0.05, 0.1) is 6.61 Å². The summed E-state index contributed by atoms with van der Waals surface area (Å²) in [5.74, 6) is -1.28. The maximum absolute atomic E-state index is 10.9. The first-order valence-electron chi connectivity index (χ1n) is 6.12. The Labute approximate surface area is 114 Å². The summed E-state index contributed by atoms with van der Waals surface area (Å²) in [6.07, 6.45) is 2.17. The smallest absolute Gasteiger partial charge is 0.333 e. The van der Waals surface area contributed by atoms with Gasteiger partial charge in [-0.15, -0.1) is 0 Å². The molecule has 0 bridgehead atoms. The average Bonchev–Trinajstić information content (AvgIpc) is 2.33. The second-order valence-corrected chi connectivity index (χ2v) is 3.97. The van der Waals surface area contributed by atoms with Crippen LogP contribution >= 0.6 is 0 Å². The molecule has 0 rings (SSSR count). The molecule has 0 aliphatic rings. The number of hydrogen-bond acceptors (Lipinski definition) is 4. The van der Waals surface area contributed by atoms with Gasteiger partial charge >= 0.3 is 11.9 Å². The Balaban J connectivity index is 0. The predicted molar refractivity (Wildman–Crippen MR) is 73.9 cm³/mol. The maximum atomic E-state index is 10.9. The van der Waals surface area contributed by atoms with Crippen molar-refractivity contribution in [1.82, 2.24) is 0 Å². The fraction of sp³-hybridized carbons (Fsp3) is 0.571. The summed E-state index contributed by atoms with van der Waals surface area (Å²) in [5, 5.41) is 7.89. The van der Waals surface area contributed by atoms with Crippen molar-refractivity contribution in [3.63, 3.8) is 0 Å². The largest absolute Gasteiger partial charge is 0.478 e. The highest BCUT2D eigenvalue weighted by Gasteiger charge is 2.01. The Bertz CT molecular complexity index is 295. The Morgan fingerprint density at radius 1 is 1.05 bits per heavy atom. The van der Waals surface area contributed by atoms with Crippen LogP contribution in [0.4, 0.5) is 0 Å². The maximum Gasteiger partial charge on any atom is 0.333 e. The highest BCUT2D eigenvalue weighted by Crippen LogP contribution is 1.92. The van der Waals surface area contributed by atoms with Crippen molar-refractivity contribution in [3.05, 3.63) is 24.3 Å². The van der Waals surface area contributed by atoms with Crippen molar-refractivity contribution in [2.24, 2.45) is 0 Å². The summed E-state index contributed by atoms with van der Waals surface area (Å²) < 4.78 is 10.0. The molecule has 0 aromatic rings. The van der Waals surface area contributed by atoms with E-state index in [1.54, 1.807) is 6.92 Å². The van der Waals surface area contributed by atoms with Crippen molar-refractivity contribution in [2.75, 3.05) is 19.8 Å². The van der Waals surface area contributed by atoms with E-state index in [0.717, 1.165) is 19.4 Å². The van der Waals surface area contributed by atoms with E-state index in [4.69, 9.17) is 14.6 Å². The van der Waals surface area contributed by atoms with E-state index < -0.39 is 5.97 Å². The lowest BCUT2D eigenvalue weighted by Crippen LogP contribution is -2.11. The molecule has 0 aliphatic carbocycles. The highest BCUT2D eigenvalue weighted by atomic mass is 16.6. The van der Waals surface area contributed by atoms with Crippen LogP contribution in [-0.4, -0.2) is 36.9 Å². The summed E-state index contributed by atoms with van der Waals surface area (Å²) >= 11 is 0. The van der Waals surface area contributed by atoms with Gasteiger partial charge in [0.2, 0.25) is 0 Å². The molecule has 0 saturated carbocycles. The van der Waals surface area contributed by atoms with Crippen LogP contribution in [0, 0.1) is 0 Å². The van der Waals surface area contributed by atoms with Gasteiger partial charge in [-0.25, -0.2) is 9.59 Å². The van der Waals surface area contributed by atoms with Crippen LogP contribution in [0.5, 0.6) is 0 Å². The predicted octanol–water partition coefficient (Wildman–Crippen LogP) is 2.57. The zero-order chi connectivity index (χ0) is 15.3. The fourth-order valence-electron chi connectivity index (χ4n) is 0.665. The second-order valence-electron chi connectivity index (χ2n) is 3.97. The molecular formula is C14H24O5. The van der Waals surface area contributed by atoms with E-state index in [0.29, 0.717) is 18.8 Å². The first-order valence-corrected chi connectivity index (χ1v) is 6.12. The summed E-state index contributed by atoms with van der Waals surface area (Å²) in [4.78, 5) is 20.5. The number of carboxylic acid groups (broad SMARTS) is 1. The first kappa shape index (κ1) is 19.7. The molecule has 110 valence electrons. The van der Waals surface area contributed by atoms with Crippen molar-refractivity contribution < 1.29 is 24.2 Å². The lowest BCUT2D eigenvalue weighted by Gasteiger charge is -2.04. The average molecular weight is 272 g/mol. The number of rotatable bonds is 8. The number of carboxylic acids is 1. The molecule has 0 atom stereocenters. The number of aliphatic carboxylic acids is 1.